The van der Waals surface area contributed by atoms with Crippen molar-refractivity contribution in [1.29, 1.82) is 0 Å². The first-order valence-corrected chi connectivity index (χ1v) is 40.3. The molecular formula is C28H48N2O4P8S10. The van der Waals surface area contributed by atoms with Gasteiger partial charge in [0.25, 0.3) is 0 Å². The molecule has 3 rings (SSSR count). The third kappa shape index (κ3) is 22.2. The molecule has 1 heterocycles. The predicted octanol–water partition coefficient (Wildman–Crippen LogP) is 9.67. The molecule has 0 amide bonds. The molecule has 2 aromatic carbocycles. The number of aryl methyl sites for hydroxylation is 2. The van der Waals surface area contributed by atoms with Gasteiger partial charge in [0.05, 0.1) is 9.79 Å². The summed E-state index contributed by atoms with van der Waals surface area (Å²) in [5.74, 6) is 0. The summed E-state index contributed by atoms with van der Waals surface area (Å²) in [5.41, 5.74) is 6.01. The number of hydrogen-bond acceptors (Lipinski definition) is 6. The average Bonchev–Trinajstić information content (AvgIpc) is 3.41. The van der Waals surface area contributed by atoms with Crippen molar-refractivity contribution in [2.24, 2.45) is 0 Å². The minimum absolute atomic E-state index is 0.147. The van der Waals surface area contributed by atoms with Crippen LogP contribution < -0.4 is 0 Å². The molecule has 2 aromatic rings. The zero-order valence-corrected chi connectivity index (χ0v) is 46.3. The minimum atomic E-state index is -3.50. The second-order valence-corrected chi connectivity index (χ2v) is 53.7. The lowest BCUT2D eigenvalue weighted by atomic mass is 10.2. The quantitative estimate of drug-likeness (QED) is 0.175. The molecule has 5 unspecified atom stereocenters. The lowest BCUT2D eigenvalue weighted by Crippen LogP contribution is -2.33. The summed E-state index contributed by atoms with van der Waals surface area (Å²) in [5, 5.41) is 0. The first kappa shape index (κ1) is 54.7. The van der Waals surface area contributed by atoms with Gasteiger partial charge in [-0.15, -0.1) is 44.6 Å². The van der Waals surface area contributed by atoms with Gasteiger partial charge in [-0.1, -0.05) is 70.8 Å². The lowest BCUT2D eigenvalue weighted by Gasteiger charge is -2.22. The standard InChI is InChI=1S/C15H21NO2S.C13H17NO2S.H10P8.S8/c1-12(2)10-16(11-13(3)4)19(17,18)15-8-6-14(5)7-9-15;1-10-4-6-13(7-5-10)17(15,16)14-8-11(2)12(3)9-14;1-6(2)8(5)7(3)4;1-3-5-7-8-6-4-2/h6-9H,1,3,10-11H2,2,4-5H3;4-7H,8-9H2,1-3H3;1-5H2;. The first-order valence-electron chi connectivity index (χ1n) is 14.6. The molecule has 0 saturated carbocycles. The fraction of sp³-hybridized carbons (Fsp3) is 0.357. The largest absolute Gasteiger partial charge is 0.243 e. The number of sulfonamides is 2. The molecule has 0 N–H and O–H groups in total. The van der Waals surface area contributed by atoms with Crippen LogP contribution in [-0.4, -0.2) is 51.6 Å². The highest BCUT2D eigenvalue weighted by molar-refractivity contribution is 9.06. The maximum atomic E-state index is 12.6. The van der Waals surface area contributed by atoms with E-state index in [4.69, 9.17) is 0 Å². The summed E-state index contributed by atoms with van der Waals surface area (Å²) in [6, 6.07) is 13.9. The van der Waals surface area contributed by atoms with Gasteiger partial charge in [-0.25, -0.2) is 16.8 Å². The molecule has 1 aliphatic heterocycles. The molecule has 0 spiro atoms. The van der Waals surface area contributed by atoms with Gasteiger partial charge < -0.3 is 0 Å². The highest BCUT2D eigenvalue weighted by Crippen LogP contribution is 3.00. The summed E-state index contributed by atoms with van der Waals surface area (Å²) in [6.45, 7) is 21.2. The van der Waals surface area contributed by atoms with Crippen molar-refractivity contribution in [3.63, 3.8) is 0 Å². The molecule has 24 heteroatoms. The van der Waals surface area contributed by atoms with E-state index in [2.05, 4.69) is 80.2 Å². The molecule has 294 valence electrons. The Morgan fingerprint density at radius 3 is 1.33 bits per heavy atom. The van der Waals surface area contributed by atoms with E-state index in [9.17, 15) is 16.8 Å². The van der Waals surface area contributed by atoms with Crippen LogP contribution >= 0.6 is 65.6 Å². The van der Waals surface area contributed by atoms with Crippen molar-refractivity contribution < 1.29 is 16.8 Å². The molecule has 0 bridgehead atoms. The third-order valence-corrected chi connectivity index (χ3v) is 59.0. The maximum Gasteiger partial charge on any atom is 0.243 e. The Balaban J connectivity index is 0.000000718. The second-order valence-electron chi connectivity index (χ2n) is 11.1. The summed E-state index contributed by atoms with van der Waals surface area (Å²) in [4.78, 5) is 0.686. The van der Waals surface area contributed by atoms with E-state index >= 15 is 0 Å². The molecule has 52 heavy (non-hydrogen) atoms. The van der Waals surface area contributed by atoms with Crippen molar-refractivity contribution in [3.05, 3.63) is 95.1 Å². The van der Waals surface area contributed by atoms with Gasteiger partial charge in [0, 0.05) is 102 Å². The fourth-order valence-corrected chi connectivity index (χ4v) is 46.6. The monoisotopic (exact) mass is 1040 g/mol. The van der Waals surface area contributed by atoms with Gasteiger partial charge in [0.2, 0.25) is 20.0 Å². The Morgan fingerprint density at radius 1 is 0.692 bits per heavy atom. The maximum absolute atomic E-state index is 12.6. The van der Waals surface area contributed by atoms with Crippen LogP contribution in [0.25, 0.3) is 0 Å². The molecule has 0 aromatic heterocycles. The van der Waals surface area contributed by atoms with Gasteiger partial charge in [0.15, 0.2) is 0 Å². The Morgan fingerprint density at radius 2 is 1.04 bits per heavy atom. The van der Waals surface area contributed by atoms with Gasteiger partial charge >= 0.3 is 0 Å². The van der Waals surface area contributed by atoms with Crippen LogP contribution in [0.1, 0.15) is 38.8 Å². The number of benzene rings is 2. The Bertz CT molecular complexity index is 1950. The smallest absolute Gasteiger partial charge is 0.207 e. The van der Waals surface area contributed by atoms with E-state index in [1.807, 2.05) is 53.7 Å². The van der Waals surface area contributed by atoms with Gasteiger partial charge in [-0.3, -0.25) is 0 Å². The number of rotatable bonds is 10. The zero-order valence-electron chi connectivity index (χ0n) is 29.7. The van der Waals surface area contributed by atoms with Crippen LogP contribution in [0.15, 0.2) is 93.8 Å². The van der Waals surface area contributed by atoms with Crippen molar-refractivity contribution in [3.8, 4) is 0 Å². The molecular weight excluding hydrogens is 997 g/mol. The van der Waals surface area contributed by atoms with Crippen LogP contribution in [-0.2, 0) is 95.7 Å². The minimum Gasteiger partial charge on any atom is -0.207 e. The predicted molar refractivity (Wildman–Crippen MR) is 276 cm³/mol. The Kier molecular flexibility index (Phi) is 30.5. The summed E-state index contributed by atoms with van der Waals surface area (Å²) >= 11 is 9.21. The van der Waals surface area contributed by atoms with Crippen molar-refractivity contribution in [2.75, 3.05) is 26.2 Å². The highest BCUT2D eigenvalue weighted by atomic mass is 33.4. The van der Waals surface area contributed by atoms with E-state index in [1.54, 1.807) is 71.9 Å². The summed E-state index contributed by atoms with van der Waals surface area (Å²) in [7, 11) is 16.7. The molecule has 0 fully saturated rings. The van der Waals surface area contributed by atoms with Gasteiger partial charge in [-0.05, 0) is 86.8 Å². The van der Waals surface area contributed by atoms with E-state index < -0.39 is 20.0 Å². The summed E-state index contributed by atoms with van der Waals surface area (Å²) < 4.78 is 52.7. The summed E-state index contributed by atoms with van der Waals surface area (Å²) in [6.07, 6.45) is 0. The SMILES string of the molecule is C=C(C)CN(CC(=C)C)S(=O)(=O)c1ccc(C)cc1.CC1=C(C)CN(S(=O)(=O)c2ccc(C)cc2)C1.PP(P)P(P)P(P)P.S=S=S=S=S=S=S=S. The highest BCUT2D eigenvalue weighted by Gasteiger charge is 2.29. The van der Waals surface area contributed by atoms with Gasteiger partial charge in [0.1, 0.15) is 0 Å². The third-order valence-electron chi connectivity index (χ3n) is 6.38. The van der Waals surface area contributed by atoms with E-state index in [0.717, 1.165) is 33.4 Å². The molecule has 0 radical (unpaired) electrons. The van der Waals surface area contributed by atoms with Crippen LogP contribution in [0, 0.1) is 13.8 Å². The molecule has 0 saturated heterocycles. The Labute approximate surface area is 355 Å². The van der Waals surface area contributed by atoms with Gasteiger partial charge in [-0.2, -0.15) is 8.61 Å². The van der Waals surface area contributed by atoms with Crippen LogP contribution in [0.5, 0.6) is 0 Å². The van der Waals surface area contributed by atoms with Crippen molar-refractivity contribution in [2.45, 2.75) is 51.3 Å². The van der Waals surface area contributed by atoms with E-state index in [1.165, 1.54) is 26.4 Å². The fourth-order valence-electron chi connectivity index (χ4n) is 3.74. The van der Waals surface area contributed by atoms with E-state index in [0.29, 0.717) is 36.0 Å². The topological polar surface area (TPSA) is 74.8 Å². The average molecular weight is 1050 g/mol. The molecule has 6 nitrogen and oxygen atoms in total. The molecule has 1 aliphatic rings. The lowest BCUT2D eigenvalue weighted by molar-refractivity contribution is 0.460. The first-order chi connectivity index (χ1) is 24.1. The second kappa shape index (κ2) is 29.0. The van der Waals surface area contributed by atoms with Crippen molar-refractivity contribution >= 4 is 161 Å². The number of nitrogens with zero attached hydrogens (tertiary/aromatic N) is 2. The normalized spacial score (nSPS) is 12.9. The van der Waals surface area contributed by atoms with Crippen LogP contribution in [0.4, 0.5) is 0 Å². The van der Waals surface area contributed by atoms with Crippen molar-refractivity contribution in [1.82, 2.24) is 8.61 Å². The Hall–Kier alpha value is 2.68. The van der Waals surface area contributed by atoms with Crippen LogP contribution in [0.3, 0.4) is 0 Å². The molecule has 5 atom stereocenters. The molecule has 0 aliphatic carbocycles. The number of hydrogen-bond donors (Lipinski definition) is 0. The van der Waals surface area contributed by atoms with Crippen LogP contribution in [0.2, 0.25) is 0 Å². The zero-order chi connectivity index (χ0) is 40.2. The van der Waals surface area contributed by atoms with E-state index in [-0.39, 0.29) is 21.0 Å².